The van der Waals surface area contributed by atoms with E-state index < -0.39 is 0 Å². The zero-order valence-electron chi connectivity index (χ0n) is 10.8. The van der Waals surface area contributed by atoms with Crippen LogP contribution in [0.5, 0.6) is 0 Å². The van der Waals surface area contributed by atoms with E-state index in [9.17, 15) is 0 Å². The summed E-state index contributed by atoms with van der Waals surface area (Å²) in [6.07, 6.45) is 1.30. The molecule has 2 atom stereocenters. The summed E-state index contributed by atoms with van der Waals surface area (Å²) >= 11 is 11.9. The zero-order valence-corrected chi connectivity index (χ0v) is 13.9. The molecule has 1 aromatic heterocycles. The Bertz CT molecular complexity index is 590. The number of thioether (sulfide) groups is 1. The number of hydrogen-bond donors (Lipinski definition) is 0. The molecule has 1 aromatic carbocycles. The summed E-state index contributed by atoms with van der Waals surface area (Å²) in [6, 6.07) is 6.24. The third-order valence-electron chi connectivity index (χ3n) is 3.56. The Labute approximate surface area is 131 Å². The maximum atomic E-state index is 6.30. The number of benzene rings is 1. The highest BCUT2D eigenvalue weighted by molar-refractivity contribution is 9.10. The Hall–Kier alpha value is -0.190. The van der Waals surface area contributed by atoms with Gasteiger partial charge in [-0.3, -0.25) is 0 Å². The van der Waals surface area contributed by atoms with E-state index in [0.29, 0.717) is 0 Å². The van der Waals surface area contributed by atoms with Crippen LogP contribution in [0.25, 0.3) is 11.0 Å². The first-order valence-corrected chi connectivity index (χ1v) is 8.91. The molecule has 0 aliphatic carbocycles. The Morgan fingerprint density at radius 3 is 3.11 bits per heavy atom. The monoisotopic (exact) mass is 358 g/mol. The van der Waals surface area contributed by atoms with E-state index in [1.54, 1.807) is 0 Å². The van der Waals surface area contributed by atoms with Gasteiger partial charge in [-0.1, -0.05) is 15.9 Å². The van der Waals surface area contributed by atoms with Crippen LogP contribution in [0, 0.1) is 5.92 Å². The van der Waals surface area contributed by atoms with Gasteiger partial charge < -0.3 is 4.57 Å². The van der Waals surface area contributed by atoms with Gasteiger partial charge in [0.1, 0.15) is 5.82 Å². The lowest BCUT2D eigenvalue weighted by Gasteiger charge is -2.14. The summed E-state index contributed by atoms with van der Waals surface area (Å²) in [5.41, 5.74) is 2.23. The van der Waals surface area contributed by atoms with E-state index in [-0.39, 0.29) is 5.38 Å². The molecule has 0 amide bonds. The molecule has 19 heavy (non-hydrogen) atoms. The van der Waals surface area contributed by atoms with Gasteiger partial charge in [0.25, 0.3) is 0 Å². The molecule has 0 spiro atoms. The fourth-order valence-corrected chi connectivity index (χ4v) is 4.38. The molecule has 102 valence electrons. The first kappa shape index (κ1) is 13.8. The minimum Gasteiger partial charge on any atom is -0.326 e. The Morgan fingerprint density at radius 1 is 1.58 bits per heavy atom. The predicted octanol–water partition coefficient (Wildman–Crippen LogP) is 4.85. The van der Waals surface area contributed by atoms with Gasteiger partial charge in [-0.15, -0.1) is 11.6 Å². The molecule has 1 saturated heterocycles. The molecule has 3 rings (SSSR count). The van der Waals surface area contributed by atoms with Gasteiger partial charge in [-0.2, -0.15) is 11.8 Å². The van der Waals surface area contributed by atoms with Gasteiger partial charge >= 0.3 is 0 Å². The van der Waals surface area contributed by atoms with Crippen LogP contribution < -0.4 is 0 Å². The molecule has 2 unspecified atom stereocenters. The second kappa shape index (κ2) is 5.66. The molecule has 2 nitrogen and oxygen atoms in total. The van der Waals surface area contributed by atoms with E-state index >= 15 is 0 Å². The first-order chi connectivity index (χ1) is 9.15. The lowest BCUT2D eigenvalue weighted by Crippen LogP contribution is -2.13. The predicted molar refractivity (Wildman–Crippen MR) is 87.1 cm³/mol. The average Bonchev–Trinajstić information content (AvgIpc) is 2.98. The van der Waals surface area contributed by atoms with Crippen molar-refractivity contribution in [3.8, 4) is 0 Å². The van der Waals surface area contributed by atoms with Crippen molar-refractivity contribution in [2.75, 3.05) is 11.5 Å². The highest BCUT2D eigenvalue weighted by atomic mass is 79.9. The summed E-state index contributed by atoms with van der Waals surface area (Å²) in [5, 5.41) is -0.0553. The number of fused-ring (bicyclic) bond motifs is 1. The van der Waals surface area contributed by atoms with Crippen molar-refractivity contribution < 1.29 is 0 Å². The molecule has 0 N–H and O–H groups in total. The molecule has 5 heteroatoms. The zero-order chi connectivity index (χ0) is 13.4. The van der Waals surface area contributed by atoms with E-state index in [1.165, 1.54) is 23.4 Å². The summed E-state index contributed by atoms with van der Waals surface area (Å²) in [6.45, 7) is 3.03. The largest absolute Gasteiger partial charge is 0.326 e. The van der Waals surface area contributed by atoms with E-state index in [2.05, 4.69) is 44.4 Å². The third kappa shape index (κ3) is 2.81. The third-order valence-corrected chi connectivity index (χ3v) is 5.48. The SMILES string of the molecule is CC(Cl)c1nc2ccc(Br)cc2n1CC1CCSC1. The van der Waals surface area contributed by atoms with Gasteiger partial charge in [0.15, 0.2) is 0 Å². The van der Waals surface area contributed by atoms with Crippen molar-refractivity contribution in [2.24, 2.45) is 5.92 Å². The van der Waals surface area contributed by atoms with Crippen LogP contribution in [0.4, 0.5) is 0 Å². The van der Waals surface area contributed by atoms with E-state index in [4.69, 9.17) is 16.6 Å². The quantitative estimate of drug-likeness (QED) is 0.729. The number of halogens is 2. The van der Waals surface area contributed by atoms with Gasteiger partial charge in [0, 0.05) is 11.0 Å². The summed E-state index contributed by atoms with van der Waals surface area (Å²) in [5.74, 6) is 4.28. The molecule has 1 aliphatic heterocycles. The molecule has 0 saturated carbocycles. The normalized spacial score (nSPS) is 21.1. The Morgan fingerprint density at radius 2 is 2.42 bits per heavy atom. The van der Waals surface area contributed by atoms with Crippen LogP contribution in [0.15, 0.2) is 22.7 Å². The fourth-order valence-electron chi connectivity index (χ4n) is 2.60. The second-order valence-electron chi connectivity index (χ2n) is 5.06. The smallest absolute Gasteiger partial charge is 0.127 e. The first-order valence-electron chi connectivity index (χ1n) is 6.52. The topological polar surface area (TPSA) is 17.8 Å². The van der Waals surface area contributed by atoms with Gasteiger partial charge in [-0.25, -0.2) is 4.98 Å². The van der Waals surface area contributed by atoms with E-state index in [1.807, 2.05) is 13.0 Å². The molecule has 2 aromatic rings. The van der Waals surface area contributed by atoms with Crippen LogP contribution in [0.3, 0.4) is 0 Å². The summed E-state index contributed by atoms with van der Waals surface area (Å²) < 4.78 is 3.41. The van der Waals surface area contributed by atoms with Crippen LogP contribution in [-0.2, 0) is 6.54 Å². The fraction of sp³-hybridized carbons (Fsp3) is 0.500. The summed E-state index contributed by atoms with van der Waals surface area (Å²) in [7, 11) is 0. The lowest BCUT2D eigenvalue weighted by molar-refractivity contribution is 0.488. The van der Waals surface area contributed by atoms with E-state index in [0.717, 1.165) is 28.3 Å². The summed E-state index contributed by atoms with van der Waals surface area (Å²) in [4.78, 5) is 4.70. The maximum absolute atomic E-state index is 6.30. The van der Waals surface area contributed by atoms with Crippen LogP contribution in [-0.4, -0.2) is 21.1 Å². The minimum atomic E-state index is -0.0553. The lowest BCUT2D eigenvalue weighted by atomic mass is 10.1. The molecular weight excluding hydrogens is 344 g/mol. The number of aromatic nitrogens is 2. The molecule has 1 aliphatic rings. The molecule has 1 fully saturated rings. The van der Waals surface area contributed by atoms with Crippen molar-refractivity contribution in [2.45, 2.75) is 25.3 Å². The number of rotatable bonds is 3. The van der Waals surface area contributed by atoms with Crippen molar-refractivity contribution in [3.63, 3.8) is 0 Å². The van der Waals surface area contributed by atoms with Gasteiger partial charge in [-0.05, 0) is 49.0 Å². The molecular formula is C14H16BrClN2S. The highest BCUT2D eigenvalue weighted by Gasteiger charge is 2.21. The molecule has 2 heterocycles. The Balaban J connectivity index is 2.06. The van der Waals surface area contributed by atoms with Crippen molar-refractivity contribution in [1.82, 2.24) is 9.55 Å². The number of alkyl halides is 1. The molecule has 0 bridgehead atoms. The van der Waals surface area contributed by atoms with Crippen molar-refractivity contribution in [1.29, 1.82) is 0 Å². The van der Waals surface area contributed by atoms with Crippen LogP contribution in [0.2, 0.25) is 0 Å². The van der Waals surface area contributed by atoms with Gasteiger partial charge in [0.2, 0.25) is 0 Å². The Kier molecular flexibility index (Phi) is 4.11. The number of imidazole rings is 1. The minimum absolute atomic E-state index is 0.0553. The van der Waals surface area contributed by atoms with Crippen molar-refractivity contribution in [3.05, 3.63) is 28.5 Å². The standard InChI is InChI=1S/C14H16BrClN2S/c1-9(16)14-17-12-3-2-11(15)6-13(12)18(14)7-10-4-5-19-8-10/h2-3,6,9-10H,4-5,7-8H2,1H3. The van der Waals surface area contributed by atoms with Crippen LogP contribution in [0.1, 0.15) is 24.5 Å². The van der Waals surface area contributed by atoms with Crippen molar-refractivity contribution >= 4 is 50.3 Å². The van der Waals surface area contributed by atoms with Gasteiger partial charge in [0.05, 0.1) is 16.4 Å². The maximum Gasteiger partial charge on any atom is 0.127 e. The number of nitrogens with zero attached hydrogens (tertiary/aromatic N) is 2. The van der Waals surface area contributed by atoms with Crippen LogP contribution >= 0.6 is 39.3 Å². The average molecular weight is 360 g/mol. The molecule has 0 radical (unpaired) electrons. The highest BCUT2D eigenvalue weighted by Crippen LogP contribution is 2.31. The number of hydrogen-bond acceptors (Lipinski definition) is 2. The second-order valence-corrected chi connectivity index (χ2v) is 7.78.